The van der Waals surface area contributed by atoms with Crippen molar-refractivity contribution in [3.05, 3.63) is 64.3 Å². The predicted octanol–water partition coefficient (Wildman–Crippen LogP) is 3.78. The number of hydrogen-bond donors (Lipinski definition) is 2. The van der Waals surface area contributed by atoms with E-state index in [0.717, 1.165) is 16.5 Å². The number of sulfonamides is 1. The Bertz CT molecular complexity index is 872. The molecule has 0 unspecified atom stereocenters. The monoisotopic (exact) mass is 437 g/mol. The fourth-order valence-corrected chi connectivity index (χ4v) is 4.49. The Kier molecular flexibility index (Phi) is 9.07. The maximum atomic E-state index is 12.4. The molecule has 1 aliphatic carbocycles. The Morgan fingerprint density at radius 3 is 2.62 bits per heavy atom. The van der Waals surface area contributed by atoms with Crippen LogP contribution in [0.4, 0.5) is 0 Å². The fourth-order valence-electron chi connectivity index (χ4n) is 3.19. The maximum Gasteiger partial charge on any atom is 0.234 e. The van der Waals surface area contributed by atoms with Crippen LogP contribution in [0.25, 0.3) is 0 Å². The largest absolute Gasteiger partial charge is 0.352 e. The number of rotatable bonds is 8. The molecule has 2 rings (SSSR count). The van der Waals surface area contributed by atoms with E-state index in [4.69, 9.17) is 11.6 Å². The molecule has 0 radical (unpaired) electrons. The molecule has 0 spiro atoms. The minimum Gasteiger partial charge on any atom is -0.352 e. The number of amides is 1. The van der Waals surface area contributed by atoms with Crippen LogP contribution in [0.1, 0.15) is 45.1 Å². The van der Waals surface area contributed by atoms with Crippen molar-refractivity contribution in [1.82, 2.24) is 15.0 Å². The second kappa shape index (κ2) is 11.3. The Hall–Kier alpha value is -1.96. The van der Waals surface area contributed by atoms with Crippen molar-refractivity contribution >= 4 is 27.5 Å². The minimum atomic E-state index is -3.59. The van der Waals surface area contributed by atoms with E-state index >= 15 is 0 Å². The lowest BCUT2D eigenvalue weighted by Gasteiger charge is -2.27. The van der Waals surface area contributed by atoms with Gasteiger partial charge in [-0.15, -0.1) is 0 Å². The van der Waals surface area contributed by atoms with Gasteiger partial charge >= 0.3 is 0 Å². The summed E-state index contributed by atoms with van der Waals surface area (Å²) in [7, 11) is -3.59. The number of nitrogens with zero attached hydrogens (tertiary/aromatic N) is 1. The van der Waals surface area contributed by atoms with Gasteiger partial charge in [0.25, 0.3) is 0 Å². The summed E-state index contributed by atoms with van der Waals surface area (Å²) in [6.45, 7) is 4.13. The summed E-state index contributed by atoms with van der Waals surface area (Å²) in [4.78, 5) is 16.4. The molecule has 1 aliphatic rings. The van der Waals surface area contributed by atoms with Gasteiger partial charge in [-0.25, -0.2) is 13.1 Å². The minimum absolute atomic E-state index is 0.00595. The second-order valence-corrected chi connectivity index (χ2v) is 9.13. The molecule has 0 aromatic carbocycles. The average Bonchev–Trinajstić information content (AvgIpc) is 2.71. The van der Waals surface area contributed by atoms with E-state index in [0.29, 0.717) is 37.3 Å². The van der Waals surface area contributed by atoms with Gasteiger partial charge < -0.3 is 5.32 Å². The van der Waals surface area contributed by atoms with Gasteiger partial charge in [-0.1, -0.05) is 29.8 Å². The van der Waals surface area contributed by atoms with E-state index in [1.54, 1.807) is 12.4 Å². The summed E-state index contributed by atoms with van der Waals surface area (Å²) in [6.07, 6.45) is 11.0. The Labute approximate surface area is 178 Å². The SMILES string of the molecule is C\C=C/C(C)=C(Cl)\C=C\S(=O)(=O)N[C@H]1CC[C@H](C(=O)NCc2cccnc2)CC1. The summed E-state index contributed by atoms with van der Waals surface area (Å²) in [5.74, 6) is -0.0877. The molecule has 1 fully saturated rings. The number of halogens is 1. The first-order valence-electron chi connectivity index (χ1n) is 9.67. The Morgan fingerprint density at radius 1 is 1.28 bits per heavy atom. The number of pyridine rings is 1. The molecule has 6 nitrogen and oxygen atoms in total. The molecule has 0 aliphatic heterocycles. The highest BCUT2D eigenvalue weighted by Gasteiger charge is 2.27. The third-order valence-electron chi connectivity index (χ3n) is 4.81. The average molecular weight is 438 g/mol. The Morgan fingerprint density at radius 2 is 2.00 bits per heavy atom. The molecule has 1 saturated carbocycles. The van der Waals surface area contributed by atoms with Crippen LogP contribution >= 0.6 is 11.6 Å². The zero-order chi connectivity index (χ0) is 21.3. The lowest BCUT2D eigenvalue weighted by molar-refractivity contribution is -0.126. The van der Waals surface area contributed by atoms with Crippen LogP contribution < -0.4 is 10.0 Å². The van der Waals surface area contributed by atoms with Crippen LogP contribution in [-0.2, 0) is 21.4 Å². The lowest BCUT2D eigenvalue weighted by Crippen LogP contribution is -2.40. The molecular formula is C21H28ClN3O3S. The van der Waals surface area contributed by atoms with Gasteiger partial charge in [0, 0.05) is 41.3 Å². The first-order valence-corrected chi connectivity index (χ1v) is 11.6. The van der Waals surface area contributed by atoms with Crippen LogP contribution in [0.3, 0.4) is 0 Å². The Balaban J connectivity index is 1.81. The molecule has 2 N–H and O–H groups in total. The molecule has 0 bridgehead atoms. The summed E-state index contributed by atoms with van der Waals surface area (Å²) in [5, 5.41) is 4.40. The van der Waals surface area contributed by atoms with Crippen molar-refractivity contribution in [3.8, 4) is 0 Å². The highest BCUT2D eigenvalue weighted by molar-refractivity contribution is 7.92. The van der Waals surface area contributed by atoms with Crippen LogP contribution in [0.2, 0.25) is 0 Å². The van der Waals surface area contributed by atoms with Crippen molar-refractivity contribution in [1.29, 1.82) is 0 Å². The summed E-state index contributed by atoms with van der Waals surface area (Å²) in [5.41, 5.74) is 1.74. The standard InChI is InChI=1S/C21H28ClN3O3S/c1-3-5-16(2)20(22)11-13-29(27,28)25-19-9-7-18(8-10-19)21(26)24-15-17-6-4-12-23-14-17/h3-6,11-14,18-19,25H,7-10,15H2,1-2H3,(H,24,26)/b5-3-,13-11+,20-16+/t18-,19-. The molecule has 8 heteroatoms. The van der Waals surface area contributed by atoms with Crippen LogP contribution in [0.15, 0.2) is 58.8 Å². The number of allylic oxidation sites excluding steroid dienone is 5. The topological polar surface area (TPSA) is 88.2 Å². The molecule has 1 heterocycles. The van der Waals surface area contributed by atoms with E-state index in [1.807, 2.05) is 38.1 Å². The predicted molar refractivity (Wildman–Crippen MR) is 116 cm³/mol. The van der Waals surface area contributed by atoms with Crippen LogP contribution in [0, 0.1) is 5.92 Å². The van der Waals surface area contributed by atoms with Gasteiger partial charge in [0.05, 0.1) is 0 Å². The highest BCUT2D eigenvalue weighted by atomic mass is 35.5. The van der Waals surface area contributed by atoms with E-state index in [1.165, 1.54) is 6.08 Å². The fraction of sp³-hybridized carbons (Fsp3) is 0.429. The van der Waals surface area contributed by atoms with Gasteiger partial charge in [-0.2, -0.15) is 0 Å². The molecule has 0 atom stereocenters. The number of carbonyl (C=O) groups excluding carboxylic acids is 1. The first kappa shape index (κ1) is 23.3. The normalized spacial score (nSPS) is 21.3. The van der Waals surface area contributed by atoms with Crippen molar-refractivity contribution in [2.24, 2.45) is 5.92 Å². The number of nitrogens with one attached hydrogen (secondary N) is 2. The second-order valence-electron chi connectivity index (χ2n) is 7.12. The molecule has 1 aromatic rings. The first-order chi connectivity index (χ1) is 13.8. The van der Waals surface area contributed by atoms with Gasteiger partial charge in [0.2, 0.25) is 15.9 Å². The van der Waals surface area contributed by atoms with Gasteiger partial charge in [0.1, 0.15) is 0 Å². The third-order valence-corrected chi connectivity index (χ3v) is 6.39. The number of hydrogen-bond acceptors (Lipinski definition) is 4. The molecule has 158 valence electrons. The van der Waals surface area contributed by atoms with E-state index in [9.17, 15) is 13.2 Å². The maximum absolute atomic E-state index is 12.4. The molecule has 29 heavy (non-hydrogen) atoms. The van der Waals surface area contributed by atoms with Crippen LogP contribution in [0.5, 0.6) is 0 Å². The van der Waals surface area contributed by atoms with Gasteiger partial charge in [-0.05, 0) is 62.8 Å². The van der Waals surface area contributed by atoms with Crippen molar-refractivity contribution in [2.45, 2.75) is 52.1 Å². The van der Waals surface area contributed by atoms with Gasteiger partial charge in [0.15, 0.2) is 0 Å². The quantitative estimate of drug-likeness (QED) is 0.606. The molecule has 1 aromatic heterocycles. The van der Waals surface area contributed by atoms with Crippen molar-refractivity contribution in [3.63, 3.8) is 0 Å². The summed E-state index contributed by atoms with van der Waals surface area (Å²) in [6, 6.07) is 3.57. The zero-order valence-electron chi connectivity index (χ0n) is 16.8. The molecule has 0 saturated heterocycles. The lowest BCUT2D eigenvalue weighted by atomic mass is 9.86. The van der Waals surface area contributed by atoms with E-state index < -0.39 is 10.0 Å². The molecular weight excluding hydrogens is 410 g/mol. The van der Waals surface area contributed by atoms with E-state index in [-0.39, 0.29) is 17.9 Å². The van der Waals surface area contributed by atoms with Gasteiger partial charge in [-0.3, -0.25) is 9.78 Å². The number of carbonyl (C=O) groups is 1. The summed E-state index contributed by atoms with van der Waals surface area (Å²) < 4.78 is 27.2. The van der Waals surface area contributed by atoms with Crippen LogP contribution in [-0.4, -0.2) is 25.4 Å². The smallest absolute Gasteiger partial charge is 0.234 e. The third kappa shape index (κ3) is 8.12. The highest BCUT2D eigenvalue weighted by Crippen LogP contribution is 2.25. The number of aromatic nitrogens is 1. The molecule has 1 amide bonds. The van der Waals surface area contributed by atoms with Crippen molar-refractivity contribution in [2.75, 3.05) is 0 Å². The zero-order valence-corrected chi connectivity index (χ0v) is 18.3. The van der Waals surface area contributed by atoms with Crippen molar-refractivity contribution < 1.29 is 13.2 Å². The van der Waals surface area contributed by atoms with E-state index in [2.05, 4.69) is 15.0 Å². The summed E-state index contributed by atoms with van der Waals surface area (Å²) >= 11 is 6.09.